The molecule has 6 heteroatoms. The van der Waals surface area contributed by atoms with E-state index in [2.05, 4.69) is 27.7 Å². The van der Waals surface area contributed by atoms with Gasteiger partial charge in [0.05, 0.1) is 38.1 Å². The van der Waals surface area contributed by atoms with Gasteiger partial charge in [-0.3, -0.25) is 0 Å². The van der Waals surface area contributed by atoms with E-state index in [0.717, 1.165) is 44.9 Å². The largest absolute Gasteiger partial charge is 0.393 e. The van der Waals surface area contributed by atoms with E-state index in [-0.39, 0.29) is 24.2 Å². The molecule has 0 amide bonds. The van der Waals surface area contributed by atoms with Crippen LogP contribution in [-0.4, -0.2) is 48.3 Å². The molecule has 0 fully saturated rings. The van der Waals surface area contributed by atoms with Crippen LogP contribution in [0.2, 0.25) is 0 Å². The van der Waals surface area contributed by atoms with E-state index in [9.17, 15) is 10.2 Å². The Kier molecular flexibility index (Phi) is 37.4. The molecule has 0 aliphatic carbocycles. The standard InChI is InChI=1S/C40H82O6/c1-5-8-11-14-18-22-27-32-40(34-39(42)31-25-13-10-7-3)46-45-36-37(4)35-44-43-33-28-23-20-17-15-16-19-21-26-30-38(41)29-24-12-9-6-2/h37-42H,5-36H2,1-4H3. The summed E-state index contributed by atoms with van der Waals surface area (Å²) in [6.07, 6.45) is 33.8. The summed E-state index contributed by atoms with van der Waals surface area (Å²) in [7, 11) is 0. The molecule has 0 aromatic rings. The number of rotatable bonds is 39. The van der Waals surface area contributed by atoms with Crippen molar-refractivity contribution < 1.29 is 29.8 Å². The molecule has 0 aromatic carbocycles. The lowest BCUT2D eigenvalue weighted by atomic mass is 10.00. The summed E-state index contributed by atoms with van der Waals surface area (Å²) in [5.74, 6) is 0.173. The maximum absolute atomic E-state index is 10.6. The maximum Gasteiger partial charge on any atom is 0.0954 e. The van der Waals surface area contributed by atoms with Gasteiger partial charge in [0.2, 0.25) is 0 Å². The molecule has 0 rings (SSSR count). The Morgan fingerprint density at radius 3 is 1.33 bits per heavy atom. The average molecular weight is 659 g/mol. The summed E-state index contributed by atoms with van der Waals surface area (Å²) >= 11 is 0. The van der Waals surface area contributed by atoms with Crippen molar-refractivity contribution in [2.45, 2.75) is 232 Å². The highest BCUT2D eigenvalue weighted by Crippen LogP contribution is 2.19. The molecule has 0 aliphatic rings. The van der Waals surface area contributed by atoms with Crippen LogP contribution in [0, 0.1) is 5.92 Å². The molecule has 0 saturated carbocycles. The molecular weight excluding hydrogens is 576 g/mol. The molecule has 0 heterocycles. The molecule has 6 nitrogen and oxygen atoms in total. The Morgan fingerprint density at radius 1 is 0.413 bits per heavy atom. The van der Waals surface area contributed by atoms with Crippen LogP contribution in [0.3, 0.4) is 0 Å². The Balaban J connectivity index is 3.79. The van der Waals surface area contributed by atoms with Crippen LogP contribution in [0.15, 0.2) is 0 Å². The summed E-state index contributed by atoms with van der Waals surface area (Å²) in [5, 5.41) is 20.7. The minimum Gasteiger partial charge on any atom is -0.393 e. The van der Waals surface area contributed by atoms with Gasteiger partial charge in [-0.15, -0.1) is 0 Å². The SMILES string of the molecule is CCCCCCCCCC(CC(O)CCCCCC)OOCC(C)COOCCCCCCCCCCCC(O)CCCCCC. The van der Waals surface area contributed by atoms with Crippen LogP contribution in [-0.2, 0) is 19.6 Å². The van der Waals surface area contributed by atoms with Gasteiger partial charge in [-0.1, -0.05) is 175 Å². The van der Waals surface area contributed by atoms with E-state index in [4.69, 9.17) is 19.6 Å². The summed E-state index contributed by atoms with van der Waals surface area (Å²) < 4.78 is 0. The summed E-state index contributed by atoms with van der Waals surface area (Å²) in [5.41, 5.74) is 0. The molecule has 0 spiro atoms. The van der Waals surface area contributed by atoms with Crippen molar-refractivity contribution >= 4 is 0 Å². The van der Waals surface area contributed by atoms with Crippen LogP contribution in [0.5, 0.6) is 0 Å². The van der Waals surface area contributed by atoms with Crippen LogP contribution in [0.1, 0.15) is 214 Å². The summed E-state index contributed by atoms with van der Waals surface area (Å²) in [4.78, 5) is 22.3. The predicted molar refractivity (Wildman–Crippen MR) is 195 cm³/mol. The van der Waals surface area contributed by atoms with Crippen LogP contribution in [0.4, 0.5) is 0 Å². The van der Waals surface area contributed by atoms with E-state index in [1.54, 1.807) is 0 Å². The topological polar surface area (TPSA) is 77.4 Å². The first kappa shape index (κ1) is 45.8. The van der Waals surface area contributed by atoms with Crippen molar-refractivity contribution in [2.24, 2.45) is 5.92 Å². The van der Waals surface area contributed by atoms with Crippen molar-refractivity contribution in [3.63, 3.8) is 0 Å². The zero-order valence-electron chi connectivity index (χ0n) is 31.5. The minimum absolute atomic E-state index is 0.0508. The molecule has 0 radical (unpaired) electrons. The molecule has 278 valence electrons. The highest BCUT2D eigenvalue weighted by molar-refractivity contribution is 4.66. The fourth-order valence-corrected chi connectivity index (χ4v) is 6.01. The second kappa shape index (κ2) is 37.6. The first-order valence-corrected chi connectivity index (χ1v) is 20.4. The molecule has 46 heavy (non-hydrogen) atoms. The lowest BCUT2D eigenvalue weighted by molar-refractivity contribution is -0.345. The van der Waals surface area contributed by atoms with Gasteiger partial charge in [0.15, 0.2) is 0 Å². The van der Waals surface area contributed by atoms with Gasteiger partial charge in [-0.25, -0.2) is 19.6 Å². The van der Waals surface area contributed by atoms with Crippen molar-refractivity contribution in [1.29, 1.82) is 0 Å². The van der Waals surface area contributed by atoms with E-state index >= 15 is 0 Å². The molecule has 0 bridgehead atoms. The third-order valence-electron chi connectivity index (χ3n) is 9.20. The Bertz CT molecular complexity index is 562. The lowest BCUT2D eigenvalue weighted by Gasteiger charge is -2.21. The van der Waals surface area contributed by atoms with Crippen LogP contribution in [0.25, 0.3) is 0 Å². The molecule has 4 unspecified atom stereocenters. The highest BCUT2D eigenvalue weighted by atomic mass is 17.2. The first-order chi connectivity index (χ1) is 22.5. The van der Waals surface area contributed by atoms with Gasteiger partial charge >= 0.3 is 0 Å². The number of aliphatic hydroxyl groups excluding tert-OH is 2. The average Bonchev–Trinajstić information content (AvgIpc) is 3.04. The molecule has 0 aromatic heterocycles. The smallest absolute Gasteiger partial charge is 0.0954 e. The molecule has 0 aliphatic heterocycles. The van der Waals surface area contributed by atoms with Gasteiger partial charge in [0, 0.05) is 12.3 Å². The molecule has 4 atom stereocenters. The minimum atomic E-state index is -0.315. The number of hydrogen-bond donors (Lipinski definition) is 2. The predicted octanol–water partition coefficient (Wildman–Crippen LogP) is 12.0. The molecular formula is C40H82O6. The Labute approximate surface area is 287 Å². The summed E-state index contributed by atoms with van der Waals surface area (Å²) in [6.45, 7) is 10.4. The second-order valence-corrected chi connectivity index (χ2v) is 14.3. The fourth-order valence-electron chi connectivity index (χ4n) is 6.01. The normalized spacial score (nSPS) is 14.5. The molecule has 2 N–H and O–H groups in total. The van der Waals surface area contributed by atoms with E-state index in [0.29, 0.717) is 26.2 Å². The number of hydrogen-bond acceptors (Lipinski definition) is 6. The monoisotopic (exact) mass is 659 g/mol. The highest BCUT2D eigenvalue weighted by Gasteiger charge is 2.17. The van der Waals surface area contributed by atoms with Crippen molar-refractivity contribution in [2.75, 3.05) is 19.8 Å². The van der Waals surface area contributed by atoms with Gasteiger partial charge in [-0.05, 0) is 32.1 Å². The van der Waals surface area contributed by atoms with Crippen molar-refractivity contribution in [3.05, 3.63) is 0 Å². The third kappa shape index (κ3) is 35.1. The van der Waals surface area contributed by atoms with E-state index < -0.39 is 0 Å². The van der Waals surface area contributed by atoms with E-state index in [1.165, 1.54) is 135 Å². The van der Waals surface area contributed by atoms with Gasteiger partial charge in [-0.2, -0.15) is 0 Å². The zero-order valence-corrected chi connectivity index (χ0v) is 31.5. The number of unbranched alkanes of at least 4 members (excludes halogenated alkanes) is 20. The van der Waals surface area contributed by atoms with Crippen molar-refractivity contribution in [1.82, 2.24) is 0 Å². The quantitative estimate of drug-likeness (QED) is 0.0389. The van der Waals surface area contributed by atoms with Gasteiger partial charge in [0.25, 0.3) is 0 Å². The first-order valence-electron chi connectivity index (χ1n) is 20.4. The molecule has 0 saturated heterocycles. The zero-order chi connectivity index (χ0) is 33.8. The third-order valence-corrected chi connectivity index (χ3v) is 9.20. The van der Waals surface area contributed by atoms with Gasteiger partial charge in [0.1, 0.15) is 0 Å². The maximum atomic E-state index is 10.6. The second-order valence-electron chi connectivity index (χ2n) is 14.3. The van der Waals surface area contributed by atoms with Crippen LogP contribution < -0.4 is 0 Å². The van der Waals surface area contributed by atoms with Crippen molar-refractivity contribution in [3.8, 4) is 0 Å². The lowest BCUT2D eigenvalue weighted by Crippen LogP contribution is -2.23. The van der Waals surface area contributed by atoms with Crippen LogP contribution >= 0.6 is 0 Å². The number of aliphatic hydroxyl groups is 2. The Hall–Kier alpha value is -0.240. The van der Waals surface area contributed by atoms with Gasteiger partial charge < -0.3 is 10.2 Å². The Morgan fingerprint density at radius 2 is 0.804 bits per heavy atom. The fraction of sp³-hybridized carbons (Fsp3) is 1.00. The van der Waals surface area contributed by atoms with E-state index in [1.807, 2.05) is 0 Å². The summed E-state index contributed by atoms with van der Waals surface area (Å²) in [6, 6.07) is 0.